The molecule has 0 saturated carbocycles. The van der Waals surface area contributed by atoms with Crippen LogP contribution in [0.25, 0.3) is 49.9 Å². The molecule has 0 saturated heterocycles. The molecule has 0 N–H and O–H groups in total. The number of ether oxygens (including phenoxy) is 1. The molecule has 5 heteroatoms. The number of hydrogen-bond donors (Lipinski definition) is 0. The third-order valence-electron chi connectivity index (χ3n) is 14.8. The molecular formula is C70H78N4O. The molecule has 384 valence electrons. The number of nitrogens with zero attached hydrogens (tertiary/aromatic N) is 4. The van der Waals surface area contributed by atoms with Gasteiger partial charge in [-0.15, -0.1) is 0 Å². The van der Waals surface area contributed by atoms with Gasteiger partial charge in [0.15, 0.2) is 0 Å². The summed E-state index contributed by atoms with van der Waals surface area (Å²) >= 11 is 0. The first-order chi connectivity index (χ1) is 35.3. The molecule has 1 aliphatic rings. The predicted molar refractivity (Wildman–Crippen MR) is 320 cm³/mol. The van der Waals surface area contributed by atoms with Crippen LogP contribution in [0.4, 0.5) is 22.7 Å². The van der Waals surface area contributed by atoms with Crippen molar-refractivity contribution in [2.24, 2.45) is 10.8 Å². The van der Waals surface area contributed by atoms with Crippen LogP contribution in [0.1, 0.15) is 132 Å². The van der Waals surface area contributed by atoms with E-state index in [4.69, 9.17) is 9.72 Å². The summed E-state index contributed by atoms with van der Waals surface area (Å²) in [5.74, 6) is 2.56. The Bertz CT molecular complexity index is 3580. The first-order valence-electron chi connectivity index (χ1n) is 27.1. The molecule has 0 unspecified atom stereocenters. The van der Waals surface area contributed by atoms with Crippen LogP contribution in [0.15, 0.2) is 164 Å². The fraction of sp³-hybridized carbons (Fsp3) is 0.329. The number of pyridine rings is 1. The van der Waals surface area contributed by atoms with Crippen LogP contribution < -0.4 is 14.5 Å². The standard InChI is InChI=1S/C70H78N4O/c1-66(2,3)43-46-29-34-59-57(37-46)58-39-49(44-67(4,5)6)63(42-62(58)74(59)64-40-52(35-36-71-64)70(13,14)15)75-54-24-19-23-53(41-54)72-45-73(61-28-17-16-27-60(61)72)65-55(47-30-32-50(33-31-47)68(7,8)9)25-20-26-56(65)48-21-18-22-51(38-48)69(10,11)12/h16-42H,43-45H2,1-15H3. The lowest BCUT2D eigenvalue weighted by Crippen LogP contribution is -2.25. The summed E-state index contributed by atoms with van der Waals surface area (Å²) in [5, 5.41) is 2.46. The van der Waals surface area contributed by atoms with Gasteiger partial charge in [-0.25, -0.2) is 4.98 Å². The van der Waals surface area contributed by atoms with Gasteiger partial charge in [-0.2, -0.15) is 0 Å². The lowest BCUT2D eigenvalue weighted by atomic mass is 9.84. The summed E-state index contributed by atoms with van der Waals surface area (Å²) in [6.07, 6.45) is 3.80. The number of hydrogen-bond acceptors (Lipinski definition) is 4. The molecule has 0 fully saturated rings. The van der Waals surface area contributed by atoms with Gasteiger partial charge in [0.05, 0.1) is 28.1 Å². The highest BCUT2D eigenvalue weighted by Crippen LogP contribution is 2.51. The van der Waals surface area contributed by atoms with Crippen molar-refractivity contribution in [1.82, 2.24) is 9.55 Å². The van der Waals surface area contributed by atoms with Gasteiger partial charge in [0, 0.05) is 45.9 Å². The van der Waals surface area contributed by atoms with Gasteiger partial charge in [-0.1, -0.05) is 195 Å². The Balaban J connectivity index is 1.09. The second-order valence-corrected chi connectivity index (χ2v) is 26.7. The minimum absolute atomic E-state index is 0.00359. The average molecular weight is 991 g/mol. The Labute approximate surface area is 448 Å². The molecule has 5 nitrogen and oxygen atoms in total. The second-order valence-electron chi connectivity index (χ2n) is 26.7. The van der Waals surface area contributed by atoms with E-state index in [9.17, 15) is 0 Å². The van der Waals surface area contributed by atoms with Gasteiger partial charge in [0.2, 0.25) is 0 Å². The van der Waals surface area contributed by atoms with Crippen molar-refractivity contribution in [3.63, 3.8) is 0 Å². The van der Waals surface area contributed by atoms with E-state index in [0.717, 1.165) is 58.3 Å². The Morgan fingerprint density at radius 2 is 1.08 bits per heavy atom. The first-order valence-corrected chi connectivity index (χ1v) is 27.1. The Morgan fingerprint density at radius 3 is 1.75 bits per heavy atom. The van der Waals surface area contributed by atoms with E-state index in [0.29, 0.717) is 6.67 Å². The molecule has 9 aromatic rings. The van der Waals surface area contributed by atoms with Gasteiger partial charge in [-0.3, -0.25) is 4.57 Å². The molecule has 0 aliphatic carbocycles. The Morgan fingerprint density at radius 1 is 0.467 bits per heavy atom. The number of fused-ring (bicyclic) bond motifs is 4. The molecule has 75 heavy (non-hydrogen) atoms. The summed E-state index contributed by atoms with van der Waals surface area (Å²) in [7, 11) is 0. The largest absolute Gasteiger partial charge is 0.457 e. The Kier molecular flexibility index (Phi) is 13.0. The van der Waals surface area contributed by atoms with Crippen LogP contribution in [-0.2, 0) is 29.1 Å². The molecule has 0 radical (unpaired) electrons. The maximum absolute atomic E-state index is 7.27. The highest BCUT2D eigenvalue weighted by atomic mass is 16.5. The molecule has 0 spiro atoms. The van der Waals surface area contributed by atoms with E-state index in [2.05, 4.69) is 276 Å². The van der Waals surface area contributed by atoms with E-state index < -0.39 is 0 Å². The van der Waals surface area contributed by atoms with Crippen LogP contribution in [0, 0.1) is 10.8 Å². The zero-order valence-corrected chi connectivity index (χ0v) is 47.4. The highest BCUT2D eigenvalue weighted by Gasteiger charge is 2.32. The molecule has 7 aromatic carbocycles. The fourth-order valence-corrected chi connectivity index (χ4v) is 11.0. The predicted octanol–water partition coefficient (Wildman–Crippen LogP) is 19.6. The maximum Gasteiger partial charge on any atom is 0.137 e. The molecule has 2 aromatic heterocycles. The quantitative estimate of drug-likeness (QED) is 0.144. The minimum atomic E-state index is -0.0372. The topological polar surface area (TPSA) is 33.5 Å². The van der Waals surface area contributed by atoms with Crippen LogP contribution in [0.3, 0.4) is 0 Å². The van der Waals surface area contributed by atoms with Crippen LogP contribution in [0.5, 0.6) is 11.5 Å². The zero-order chi connectivity index (χ0) is 53.4. The van der Waals surface area contributed by atoms with E-state index in [1.165, 1.54) is 66.5 Å². The monoisotopic (exact) mass is 991 g/mol. The first kappa shape index (κ1) is 51.4. The number of anilines is 4. The van der Waals surface area contributed by atoms with E-state index >= 15 is 0 Å². The number of aromatic nitrogens is 2. The molecule has 0 atom stereocenters. The van der Waals surface area contributed by atoms with Crippen molar-refractivity contribution in [2.75, 3.05) is 16.5 Å². The zero-order valence-electron chi connectivity index (χ0n) is 47.4. The smallest absolute Gasteiger partial charge is 0.137 e. The van der Waals surface area contributed by atoms with Gasteiger partial charge in [0.1, 0.15) is 24.0 Å². The Hall–Kier alpha value is -7.11. The van der Waals surface area contributed by atoms with Crippen molar-refractivity contribution < 1.29 is 4.74 Å². The molecule has 0 amide bonds. The van der Waals surface area contributed by atoms with Gasteiger partial charge < -0.3 is 14.5 Å². The van der Waals surface area contributed by atoms with E-state index in [1.807, 2.05) is 6.20 Å². The summed E-state index contributed by atoms with van der Waals surface area (Å²) < 4.78 is 9.62. The molecule has 10 rings (SSSR count). The summed E-state index contributed by atoms with van der Waals surface area (Å²) in [4.78, 5) is 10.0. The van der Waals surface area contributed by atoms with Gasteiger partial charge >= 0.3 is 0 Å². The van der Waals surface area contributed by atoms with Gasteiger partial charge in [-0.05, 0) is 133 Å². The fourth-order valence-electron chi connectivity index (χ4n) is 11.0. The van der Waals surface area contributed by atoms with Crippen molar-refractivity contribution in [2.45, 2.75) is 133 Å². The van der Waals surface area contributed by atoms with E-state index in [-0.39, 0.29) is 27.1 Å². The lowest BCUT2D eigenvalue weighted by molar-refractivity contribution is 0.398. The number of rotatable bonds is 9. The SMILES string of the molecule is CC(C)(C)Cc1ccc2c(c1)c1cc(CC(C)(C)C)c(Oc3cccc(N4CN(c5c(-c6ccc(C(C)(C)C)cc6)cccc5-c5cccc(C(C)(C)C)c5)c5ccccc54)c3)cc1n2-c1cc(C(C)(C)C)ccn1. The van der Waals surface area contributed by atoms with Crippen molar-refractivity contribution in [1.29, 1.82) is 0 Å². The van der Waals surface area contributed by atoms with Crippen molar-refractivity contribution >= 4 is 44.6 Å². The van der Waals surface area contributed by atoms with Crippen LogP contribution >= 0.6 is 0 Å². The summed E-state index contributed by atoms with van der Waals surface area (Å²) in [6, 6.07) is 58.9. The average Bonchev–Trinajstić information content (AvgIpc) is 3.88. The molecule has 0 bridgehead atoms. The minimum Gasteiger partial charge on any atom is -0.457 e. The maximum atomic E-state index is 7.27. The number of para-hydroxylation sites is 3. The third-order valence-corrected chi connectivity index (χ3v) is 14.8. The summed E-state index contributed by atoms with van der Waals surface area (Å²) in [6.45, 7) is 35.1. The normalized spacial score (nSPS) is 13.5. The van der Waals surface area contributed by atoms with E-state index in [1.54, 1.807) is 0 Å². The number of benzene rings is 7. The second kappa shape index (κ2) is 18.9. The van der Waals surface area contributed by atoms with Crippen LogP contribution in [-0.4, -0.2) is 16.2 Å². The third kappa shape index (κ3) is 10.6. The molecule has 3 heterocycles. The van der Waals surface area contributed by atoms with Crippen molar-refractivity contribution in [3.05, 3.63) is 192 Å². The van der Waals surface area contributed by atoms with Crippen LogP contribution in [0.2, 0.25) is 0 Å². The summed E-state index contributed by atoms with van der Waals surface area (Å²) in [5.41, 5.74) is 18.2. The van der Waals surface area contributed by atoms with Crippen molar-refractivity contribution in [3.8, 4) is 39.6 Å². The highest BCUT2D eigenvalue weighted by molar-refractivity contribution is 6.10. The lowest BCUT2D eigenvalue weighted by Gasteiger charge is -2.28. The molecular weight excluding hydrogens is 913 g/mol. The van der Waals surface area contributed by atoms with Gasteiger partial charge in [0.25, 0.3) is 0 Å². The molecule has 1 aliphatic heterocycles.